The highest BCUT2D eigenvalue weighted by molar-refractivity contribution is 8.25. The number of thiocarbonyl (C=S) groups is 1. The maximum absolute atomic E-state index is 14.3. The molecule has 2 spiro atoms. The van der Waals surface area contributed by atoms with Crippen LogP contribution in [-0.4, -0.2) is 65.0 Å². The summed E-state index contributed by atoms with van der Waals surface area (Å²) < 4.78 is 4.87. The molecule has 6 nitrogen and oxygen atoms in total. The molecule has 9 heteroatoms. The number of methoxy groups -OCH3 is 1. The normalized spacial score (nSPS) is 29.6. The van der Waals surface area contributed by atoms with Gasteiger partial charge < -0.3 is 9.64 Å². The molecule has 0 radical (unpaired) electrons. The zero-order valence-corrected chi connectivity index (χ0v) is 20.5. The van der Waals surface area contributed by atoms with Crippen molar-refractivity contribution in [2.75, 3.05) is 39.2 Å². The third kappa shape index (κ3) is 2.42. The predicted molar refractivity (Wildman–Crippen MR) is 133 cm³/mol. The number of anilines is 1. The first-order valence-corrected chi connectivity index (χ1v) is 12.3. The zero-order valence-electron chi connectivity index (χ0n) is 18.0. The van der Waals surface area contributed by atoms with Gasteiger partial charge in [-0.3, -0.25) is 19.4 Å². The van der Waals surface area contributed by atoms with Crippen molar-refractivity contribution in [2.24, 2.45) is 0 Å². The van der Waals surface area contributed by atoms with E-state index in [2.05, 4.69) is 6.58 Å². The second-order valence-electron chi connectivity index (χ2n) is 8.21. The number of likely N-dealkylation sites (tertiary alicyclic amines) is 1. The number of likely N-dealkylation sites (N-methyl/N-ethyl adjacent to an activating group) is 2. The number of hydrogen-bond donors (Lipinski definition) is 0. The summed E-state index contributed by atoms with van der Waals surface area (Å²) in [6, 6.07) is 9.68. The van der Waals surface area contributed by atoms with E-state index in [1.54, 1.807) is 41.4 Å². The summed E-state index contributed by atoms with van der Waals surface area (Å²) in [5.41, 5.74) is 0.368. The third-order valence-electron chi connectivity index (χ3n) is 6.86. The van der Waals surface area contributed by atoms with E-state index in [9.17, 15) is 9.59 Å². The van der Waals surface area contributed by atoms with Crippen LogP contribution in [0.15, 0.2) is 48.4 Å². The van der Waals surface area contributed by atoms with Crippen molar-refractivity contribution in [3.8, 4) is 5.75 Å². The number of thiophene rings is 1. The second kappa shape index (κ2) is 7.41. The van der Waals surface area contributed by atoms with Gasteiger partial charge in [-0.1, -0.05) is 36.1 Å². The first-order chi connectivity index (χ1) is 15.3. The van der Waals surface area contributed by atoms with Crippen molar-refractivity contribution in [1.29, 1.82) is 0 Å². The van der Waals surface area contributed by atoms with Gasteiger partial charge in [-0.05, 0) is 36.7 Å². The molecule has 3 aliphatic rings. The summed E-state index contributed by atoms with van der Waals surface area (Å²) in [5.74, 6) is 0.196. The van der Waals surface area contributed by atoms with E-state index in [1.165, 1.54) is 11.8 Å². The molecular weight excluding hydrogens is 462 g/mol. The van der Waals surface area contributed by atoms with Crippen molar-refractivity contribution in [3.05, 3.63) is 58.8 Å². The van der Waals surface area contributed by atoms with Gasteiger partial charge in [0.1, 0.15) is 14.8 Å². The number of benzene rings is 1. The monoisotopic (exact) mass is 485 g/mol. The molecule has 2 fully saturated rings. The average molecular weight is 486 g/mol. The molecule has 2 saturated heterocycles. The maximum Gasteiger partial charge on any atom is 0.254 e. The molecule has 32 heavy (non-hydrogen) atoms. The van der Waals surface area contributed by atoms with Gasteiger partial charge in [0.05, 0.1) is 7.11 Å². The lowest BCUT2D eigenvalue weighted by Crippen LogP contribution is -2.62. The van der Waals surface area contributed by atoms with E-state index in [0.29, 0.717) is 23.2 Å². The maximum atomic E-state index is 14.3. The minimum absolute atomic E-state index is 0.119. The van der Waals surface area contributed by atoms with Crippen LogP contribution in [0.25, 0.3) is 0 Å². The highest BCUT2D eigenvalue weighted by atomic mass is 32.2. The number of thioether (sulfide) groups is 1. The molecule has 166 valence electrons. The predicted octanol–water partition coefficient (Wildman–Crippen LogP) is 3.44. The highest BCUT2D eigenvalue weighted by Gasteiger charge is 2.78. The first-order valence-electron chi connectivity index (χ1n) is 10.2. The fourth-order valence-electron chi connectivity index (χ4n) is 5.53. The van der Waals surface area contributed by atoms with Gasteiger partial charge >= 0.3 is 0 Å². The van der Waals surface area contributed by atoms with Crippen LogP contribution in [0.2, 0.25) is 0 Å². The fourth-order valence-corrected chi connectivity index (χ4v) is 8.63. The number of hydrogen-bond acceptors (Lipinski definition) is 7. The quantitative estimate of drug-likeness (QED) is 0.489. The van der Waals surface area contributed by atoms with Crippen molar-refractivity contribution in [3.63, 3.8) is 0 Å². The molecule has 4 heterocycles. The molecule has 0 aliphatic carbocycles. The lowest BCUT2D eigenvalue weighted by Gasteiger charge is -2.42. The number of ether oxygens (including phenoxy) is 1. The number of carbonyl (C=O) groups is 2. The van der Waals surface area contributed by atoms with Crippen LogP contribution < -0.4 is 9.64 Å². The molecule has 1 aromatic carbocycles. The summed E-state index contributed by atoms with van der Waals surface area (Å²) in [6.45, 7) is 4.68. The van der Waals surface area contributed by atoms with Crippen LogP contribution in [-0.2, 0) is 15.1 Å². The third-order valence-corrected chi connectivity index (χ3v) is 9.78. The number of fused-ring (bicyclic) bond motifs is 3. The van der Waals surface area contributed by atoms with Crippen LogP contribution in [0.4, 0.5) is 5.69 Å². The summed E-state index contributed by atoms with van der Waals surface area (Å²) >= 11 is 8.67. The Hall–Kier alpha value is -2.20. The summed E-state index contributed by atoms with van der Waals surface area (Å²) in [6.07, 6.45) is 1.68. The molecule has 2 amide bonds. The summed E-state index contributed by atoms with van der Waals surface area (Å²) in [5, 5.41) is 2.01. The minimum Gasteiger partial charge on any atom is -0.497 e. The van der Waals surface area contributed by atoms with E-state index in [1.807, 2.05) is 47.7 Å². The Morgan fingerprint density at radius 1 is 1.28 bits per heavy atom. The van der Waals surface area contributed by atoms with Gasteiger partial charge in [-0.2, -0.15) is 0 Å². The Bertz CT molecular complexity index is 1150. The van der Waals surface area contributed by atoms with Gasteiger partial charge in [0.15, 0.2) is 5.54 Å². The van der Waals surface area contributed by atoms with Crippen molar-refractivity contribution in [2.45, 2.75) is 16.2 Å². The largest absolute Gasteiger partial charge is 0.497 e. The topological polar surface area (TPSA) is 53.1 Å². The van der Waals surface area contributed by atoms with E-state index in [4.69, 9.17) is 17.0 Å². The van der Waals surface area contributed by atoms with Crippen molar-refractivity contribution in [1.82, 2.24) is 9.80 Å². The number of rotatable bonds is 4. The number of amides is 2. The Kier molecular flexibility index (Phi) is 5.01. The minimum atomic E-state index is -1.21. The van der Waals surface area contributed by atoms with Crippen molar-refractivity contribution < 1.29 is 14.3 Å². The van der Waals surface area contributed by atoms with E-state index in [-0.39, 0.29) is 17.7 Å². The molecule has 3 aliphatic heterocycles. The fraction of sp³-hybridized carbons (Fsp3) is 0.348. The van der Waals surface area contributed by atoms with Crippen LogP contribution in [0.3, 0.4) is 0 Å². The molecule has 0 bridgehead atoms. The highest BCUT2D eigenvalue weighted by Crippen LogP contribution is 2.67. The van der Waals surface area contributed by atoms with Crippen LogP contribution >= 0.6 is 35.3 Å². The van der Waals surface area contributed by atoms with Crippen LogP contribution in [0, 0.1) is 0 Å². The van der Waals surface area contributed by atoms with Gasteiger partial charge in [-0.25, -0.2) is 0 Å². The zero-order chi connectivity index (χ0) is 22.8. The van der Waals surface area contributed by atoms with E-state index < -0.39 is 10.3 Å². The van der Waals surface area contributed by atoms with Crippen molar-refractivity contribution >= 4 is 57.1 Å². The lowest BCUT2D eigenvalue weighted by molar-refractivity contribution is -0.138. The Balaban J connectivity index is 1.84. The van der Waals surface area contributed by atoms with E-state index >= 15 is 0 Å². The molecule has 0 unspecified atom stereocenters. The van der Waals surface area contributed by atoms with E-state index in [0.717, 1.165) is 16.1 Å². The molecule has 0 N–H and O–H groups in total. The Morgan fingerprint density at radius 3 is 2.72 bits per heavy atom. The summed E-state index contributed by atoms with van der Waals surface area (Å²) in [4.78, 5) is 34.9. The standard InChI is InChI=1S/C23H23N3O3S3/c1-5-10-26-20(28)23(32-21(26)30)16(18-7-6-11-31-18)13-24(2)22(23)15-12-14(29-4)8-9-17(15)25(3)19(22)27/h5-9,11-12,16H,1,10,13H2,2-4H3/t16-,22+,23-/m1/s1. The van der Waals surface area contributed by atoms with Gasteiger partial charge in [0, 0.05) is 42.2 Å². The molecule has 5 rings (SSSR count). The molecule has 3 atom stereocenters. The average Bonchev–Trinajstić information content (AvgIpc) is 3.51. The number of nitrogens with zero attached hydrogens (tertiary/aromatic N) is 3. The smallest absolute Gasteiger partial charge is 0.254 e. The number of carbonyl (C=O) groups excluding carboxylic acids is 2. The van der Waals surface area contributed by atoms with Crippen LogP contribution in [0.1, 0.15) is 16.4 Å². The Labute approximate surface area is 200 Å². The molecule has 0 saturated carbocycles. The molecular formula is C23H23N3O3S3. The molecule has 1 aromatic heterocycles. The summed E-state index contributed by atoms with van der Waals surface area (Å²) in [7, 11) is 5.31. The van der Waals surface area contributed by atoms with Gasteiger partial charge in [0.25, 0.3) is 5.91 Å². The Morgan fingerprint density at radius 2 is 2.06 bits per heavy atom. The lowest BCUT2D eigenvalue weighted by atomic mass is 9.73. The van der Waals surface area contributed by atoms with Crippen LogP contribution in [0.5, 0.6) is 5.75 Å². The first kappa shape index (κ1) is 21.6. The van der Waals surface area contributed by atoms with Gasteiger partial charge in [-0.15, -0.1) is 17.9 Å². The molecule has 2 aromatic rings. The SMILES string of the molecule is C=CCN1C(=O)[C@]2(SC1=S)[C@@H](c1cccs1)CN(C)[C@@]21C(=O)N(C)c2ccc(OC)cc21. The van der Waals surface area contributed by atoms with Gasteiger partial charge in [0.2, 0.25) is 5.91 Å². The second-order valence-corrected chi connectivity index (χ2v) is 11.1.